The third kappa shape index (κ3) is 3.36. The number of carbonyl (C=O) groups is 1. The number of hydrogen-bond donors (Lipinski definition) is 1. The van der Waals surface area contributed by atoms with Crippen molar-refractivity contribution in [3.8, 4) is 11.5 Å². The molecule has 0 fully saturated rings. The second-order valence-electron chi connectivity index (χ2n) is 10.3. The summed E-state index contributed by atoms with van der Waals surface area (Å²) in [5, 5.41) is 9.88. The minimum Gasteiger partial charge on any atom is -0.478 e. The lowest BCUT2D eigenvalue weighted by atomic mass is 9.71. The van der Waals surface area contributed by atoms with Gasteiger partial charge >= 0.3 is 5.97 Å². The molecule has 0 amide bonds. The number of rotatable bonds is 1. The summed E-state index contributed by atoms with van der Waals surface area (Å²) in [6.07, 6.45) is 0. The third-order valence-corrected chi connectivity index (χ3v) is 6.23. The van der Waals surface area contributed by atoms with E-state index in [1.165, 1.54) is 5.56 Å². The Kier molecular flexibility index (Phi) is 4.74. The van der Waals surface area contributed by atoms with Crippen LogP contribution < -0.4 is 4.74 Å². The van der Waals surface area contributed by atoms with Gasteiger partial charge in [-0.1, -0.05) is 67.5 Å². The van der Waals surface area contributed by atoms with Crippen molar-refractivity contribution in [2.75, 3.05) is 0 Å². The molecule has 0 atom stereocenters. The summed E-state index contributed by atoms with van der Waals surface area (Å²) in [5.74, 6) is 0.183. The zero-order valence-electron chi connectivity index (χ0n) is 18.0. The smallest absolute Gasteiger partial charge is 0.339 e. The zero-order chi connectivity index (χ0) is 21.2. The maximum Gasteiger partial charge on any atom is 0.339 e. The molecular formula is C24H29BrO3. The summed E-state index contributed by atoms with van der Waals surface area (Å²) in [4.78, 5) is 12.1. The zero-order valence-corrected chi connectivity index (χ0v) is 19.5. The fourth-order valence-electron chi connectivity index (χ4n) is 3.64. The lowest BCUT2D eigenvalue weighted by Gasteiger charge is -2.38. The Hall–Kier alpha value is -1.81. The fourth-order valence-corrected chi connectivity index (χ4v) is 4.18. The first kappa shape index (κ1) is 20.9. The molecule has 1 aliphatic heterocycles. The van der Waals surface area contributed by atoms with E-state index in [2.05, 4.69) is 89.5 Å². The first-order valence-electron chi connectivity index (χ1n) is 9.58. The van der Waals surface area contributed by atoms with Gasteiger partial charge in [-0.3, -0.25) is 0 Å². The molecule has 1 N–H and O–H groups in total. The van der Waals surface area contributed by atoms with E-state index >= 15 is 0 Å². The Morgan fingerprint density at radius 2 is 1.36 bits per heavy atom. The highest BCUT2D eigenvalue weighted by Crippen LogP contribution is 2.53. The van der Waals surface area contributed by atoms with Crippen LogP contribution in [-0.4, -0.2) is 11.1 Å². The van der Waals surface area contributed by atoms with Crippen LogP contribution in [0.3, 0.4) is 0 Å². The lowest BCUT2D eigenvalue weighted by Crippen LogP contribution is -2.28. The van der Waals surface area contributed by atoms with Crippen molar-refractivity contribution in [2.24, 2.45) is 0 Å². The van der Waals surface area contributed by atoms with Crippen LogP contribution in [0.5, 0.6) is 11.5 Å². The molecule has 0 radical (unpaired) electrons. The number of aromatic carboxylic acids is 1. The predicted molar refractivity (Wildman–Crippen MR) is 117 cm³/mol. The summed E-state index contributed by atoms with van der Waals surface area (Å²) in [7, 11) is 0. The van der Waals surface area contributed by atoms with Crippen molar-refractivity contribution in [1.82, 2.24) is 0 Å². The SMILES string of the molecule is CC(C)(C)c1cc(Br)c2c(c1)C(C)(C)c1cc(C(C)(C)C)cc(C(=O)O)c1O2. The van der Waals surface area contributed by atoms with Crippen LogP contribution in [0.15, 0.2) is 28.7 Å². The van der Waals surface area contributed by atoms with Crippen molar-refractivity contribution < 1.29 is 14.6 Å². The summed E-state index contributed by atoms with van der Waals surface area (Å²) in [6.45, 7) is 17.1. The molecule has 4 heteroatoms. The van der Waals surface area contributed by atoms with Gasteiger partial charge in [-0.05, 0) is 50.0 Å². The summed E-state index contributed by atoms with van der Waals surface area (Å²) >= 11 is 3.66. The summed E-state index contributed by atoms with van der Waals surface area (Å²) in [5.41, 5.74) is 3.85. The number of fused-ring (bicyclic) bond motifs is 2. The molecular weight excluding hydrogens is 416 g/mol. The third-order valence-electron chi connectivity index (χ3n) is 5.65. The van der Waals surface area contributed by atoms with E-state index in [1.807, 2.05) is 0 Å². The molecule has 2 aromatic carbocycles. The topological polar surface area (TPSA) is 46.5 Å². The van der Waals surface area contributed by atoms with Gasteiger partial charge in [0.2, 0.25) is 0 Å². The Morgan fingerprint density at radius 3 is 1.82 bits per heavy atom. The van der Waals surface area contributed by atoms with E-state index in [4.69, 9.17) is 4.74 Å². The minimum absolute atomic E-state index is 0.00656. The van der Waals surface area contributed by atoms with Crippen LogP contribution in [0.2, 0.25) is 0 Å². The van der Waals surface area contributed by atoms with Crippen molar-refractivity contribution in [1.29, 1.82) is 0 Å². The van der Waals surface area contributed by atoms with Gasteiger partial charge in [0.25, 0.3) is 0 Å². The van der Waals surface area contributed by atoms with Gasteiger partial charge in [-0.25, -0.2) is 4.79 Å². The quantitative estimate of drug-likeness (QED) is 0.506. The first-order chi connectivity index (χ1) is 12.6. The van der Waals surface area contributed by atoms with E-state index in [1.54, 1.807) is 6.07 Å². The molecule has 0 unspecified atom stereocenters. The predicted octanol–water partition coefficient (Wildman–Crippen LogP) is 7.17. The maximum atomic E-state index is 12.1. The van der Waals surface area contributed by atoms with Crippen LogP contribution in [0.25, 0.3) is 0 Å². The molecule has 0 saturated carbocycles. The Balaban J connectivity index is 2.35. The first-order valence-corrected chi connectivity index (χ1v) is 10.4. The minimum atomic E-state index is -0.968. The van der Waals surface area contributed by atoms with E-state index < -0.39 is 11.4 Å². The Morgan fingerprint density at radius 1 is 0.893 bits per heavy atom. The molecule has 0 saturated heterocycles. The van der Waals surface area contributed by atoms with Gasteiger partial charge in [-0.15, -0.1) is 0 Å². The summed E-state index contributed by atoms with van der Waals surface area (Å²) in [6, 6.07) is 8.14. The molecule has 150 valence electrons. The van der Waals surface area contributed by atoms with Gasteiger partial charge in [0, 0.05) is 16.5 Å². The summed E-state index contributed by atoms with van der Waals surface area (Å²) < 4.78 is 7.10. The monoisotopic (exact) mass is 444 g/mol. The molecule has 0 aliphatic carbocycles. The maximum absolute atomic E-state index is 12.1. The average molecular weight is 445 g/mol. The molecule has 28 heavy (non-hydrogen) atoms. The molecule has 1 heterocycles. The molecule has 2 aromatic rings. The second kappa shape index (κ2) is 6.35. The van der Waals surface area contributed by atoms with E-state index in [9.17, 15) is 9.90 Å². The van der Waals surface area contributed by atoms with Gasteiger partial charge < -0.3 is 9.84 Å². The fraction of sp³-hybridized carbons (Fsp3) is 0.458. The molecule has 3 rings (SSSR count). The van der Waals surface area contributed by atoms with Crippen LogP contribution in [-0.2, 0) is 16.2 Å². The average Bonchev–Trinajstić information content (AvgIpc) is 2.53. The molecule has 1 aliphatic rings. The van der Waals surface area contributed by atoms with Gasteiger partial charge in [0.05, 0.1) is 4.47 Å². The van der Waals surface area contributed by atoms with E-state index in [-0.39, 0.29) is 16.4 Å². The van der Waals surface area contributed by atoms with Gasteiger partial charge in [0.1, 0.15) is 17.1 Å². The number of benzene rings is 2. The number of halogens is 1. The van der Waals surface area contributed by atoms with Crippen LogP contribution in [0.1, 0.15) is 88.0 Å². The highest BCUT2D eigenvalue weighted by Gasteiger charge is 2.39. The molecule has 0 spiro atoms. The highest BCUT2D eigenvalue weighted by atomic mass is 79.9. The van der Waals surface area contributed by atoms with Crippen LogP contribution >= 0.6 is 15.9 Å². The van der Waals surface area contributed by atoms with Gasteiger partial charge in [0.15, 0.2) is 0 Å². The van der Waals surface area contributed by atoms with Crippen molar-refractivity contribution >= 4 is 21.9 Å². The van der Waals surface area contributed by atoms with Crippen LogP contribution in [0, 0.1) is 0 Å². The number of carboxylic acids is 1. The molecule has 0 aromatic heterocycles. The largest absolute Gasteiger partial charge is 0.478 e. The van der Waals surface area contributed by atoms with Crippen molar-refractivity contribution in [3.05, 3.63) is 56.6 Å². The van der Waals surface area contributed by atoms with Crippen LogP contribution in [0.4, 0.5) is 0 Å². The number of hydrogen-bond acceptors (Lipinski definition) is 2. The lowest BCUT2D eigenvalue weighted by molar-refractivity contribution is 0.0693. The number of carboxylic acid groups (broad SMARTS) is 1. The van der Waals surface area contributed by atoms with E-state index in [0.717, 1.165) is 21.2 Å². The van der Waals surface area contributed by atoms with Crippen molar-refractivity contribution in [3.63, 3.8) is 0 Å². The Labute approximate surface area is 176 Å². The standard InChI is InChI=1S/C24H29BrO3/c1-22(2,3)13-9-15(21(26)27)19-16(10-13)24(7,8)17-11-14(23(4,5)6)12-18(25)20(17)28-19/h9-12H,1-8H3,(H,26,27). The van der Waals surface area contributed by atoms with Gasteiger partial charge in [-0.2, -0.15) is 0 Å². The molecule has 3 nitrogen and oxygen atoms in total. The Bertz CT molecular complexity index is 973. The second-order valence-corrected chi connectivity index (χ2v) is 11.1. The van der Waals surface area contributed by atoms with E-state index in [0.29, 0.717) is 11.5 Å². The van der Waals surface area contributed by atoms with Crippen molar-refractivity contribution in [2.45, 2.75) is 71.6 Å². The molecule has 0 bridgehead atoms. The number of ether oxygens (including phenoxy) is 1. The highest BCUT2D eigenvalue weighted by molar-refractivity contribution is 9.10. The normalized spacial score (nSPS) is 15.5.